The van der Waals surface area contributed by atoms with E-state index in [0.29, 0.717) is 0 Å². The predicted molar refractivity (Wildman–Crippen MR) is 58.8 cm³/mol. The molecule has 0 fully saturated rings. The van der Waals surface area contributed by atoms with Gasteiger partial charge in [-0.2, -0.15) is 0 Å². The van der Waals surface area contributed by atoms with E-state index in [1.807, 2.05) is 4.72 Å². The molecule has 0 atom stereocenters. The molecule has 1 aromatic carbocycles. The van der Waals surface area contributed by atoms with Gasteiger partial charge in [0.15, 0.2) is 0 Å². The number of carboxylic acids is 2. The molecule has 0 spiro atoms. The second kappa shape index (κ2) is 4.42. The molecule has 17 heavy (non-hydrogen) atoms. The molecule has 1 aromatic rings. The molecule has 0 aliphatic carbocycles. The van der Waals surface area contributed by atoms with Gasteiger partial charge in [-0.05, 0) is 18.2 Å². The normalized spacial score (nSPS) is 10.9. The van der Waals surface area contributed by atoms with E-state index in [-0.39, 0.29) is 16.8 Å². The molecule has 0 aliphatic rings. The SMILES string of the molecule is CS(=O)(=O)Nc1cc(C(=O)O)ccc1C(=O)O. The number of benzene rings is 1. The Morgan fingerprint density at radius 1 is 1.18 bits per heavy atom. The van der Waals surface area contributed by atoms with E-state index in [0.717, 1.165) is 24.5 Å². The summed E-state index contributed by atoms with van der Waals surface area (Å²) in [5.74, 6) is -2.63. The van der Waals surface area contributed by atoms with Gasteiger partial charge in [-0.3, -0.25) is 4.72 Å². The first-order valence-corrected chi connectivity index (χ1v) is 6.18. The van der Waals surface area contributed by atoms with Crippen LogP contribution in [0.2, 0.25) is 0 Å². The van der Waals surface area contributed by atoms with Gasteiger partial charge in [0.2, 0.25) is 10.0 Å². The van der Waals surface area contributed by atoms with Crippen LogP contribution in [0.25, 0.3) is 0 Å². The number of rotatable bonds is 4. The van der Waals surface area contributed by atoms with Gasteiger partial charge in [-0.15, -0.1) is 0 Å². The maximum absolute atomic E-state index is 11.0. The molecule has 92 valence electrons. The summed E-state index contributed by atoms with van der Waals surface area (Å²) in [7, 11) is -3.68. The molecule has 0 aliphatic heterocycles. The number of sulfonamides is 1. The van der Waals surface area contributed by atoms with Gasteiger partial charge in [0.25, 0.3) is 0 Å². The predicted octanol–water partition coefficient (Wildman–Crippen LogP) is 0.454. The van der Waals surface area contributed by atoms with Crippen molar-refractivity contribution >= 4 is 27.6 Å². The zero-order valence-electron chi connectivity index (χ0n) is 8.67. The fourth-order valence-electron chi connectivity index (χ4n) is 1.15. The molecule has 3 N–H and O–H groups in total. The molecule has 0 saturated heterocycles. The summed E-state index contributed by atoms with van der Waals surface area (Å²) in [6.07, 6.45) is 0.839. The number of nitrogens with one attached hydrogen (secondary N) is 1. The number of hydrogen-bond donors (Lipinski definition) is 3. The Bertz CT molecular complexity index is 577. The number of aromatic carboxylic acids is 2. The van der Waals surface area contributed by atoms with Gasteiger partial charge in [0, 0.05) is 0 Å². The van der Waals surface area contributed by atoms with E-state index in [2.05, 4.69) is 0 Å². The monoisotopic (exact) mass is 259 g/mol. The highest BCUT2D eigenvalue weighted by molar-refractivity contribution is 7.92. The van der Waals surface area contributed by atoms with Crippen molar-refractivity contribution < 1.29 is 28.2 Å². The first-order chi connectivity index (χ1) is 7.70. The third-order valence-corrected chi connectivity index (χ3v) is 2.38. The third kappa shape index (κ3) is 3.45. The minimum atomic E-state index is -3.68. The molecule has 0 saturated carbocycles. The molecular weight excluding hydrogens is 250 g/mol. The maximum Gasteiger partial charge on any atom is 0.337 e. The number of anilines is 1. The second-order valence-electron chi connectivity index (χ2n) is 3.24. The van der Waals surface area contributed by atoms with E-state index in [9.17, 15) is 18.0 Å². The Kier molecular flexibility index (Phi) is 3.37. The Morgan fingerprint density at radius 3 is 2.18 bits per heavy atom. The van der Waals surface area contributed by atoms with Crippen molar-refractivity contribution in [3.8, 4) is 0 Å². The molecule has 1 rings (SSSR count). The summed E-state index contributed by atoms with van der Waals surface area (Å²) in [5.41, 5.74) is -0.804. The van der Waals surface area contributed by atoms with Gasteiger partial charge in [-0.1, -0.05) is 0 Å². The molecule has 0 aromatic heterocycles. The van der Waals surface area contributed by atoms with Gasteiger partial charge < -0.3 is 10.2 Å². The van der Waals surface area contributed by atoms with Crippen LogP contribution in [0.15, 0.2) is 18.2 Å². The van der Waals surface area contributed by atoms with E-state index >= 15 is 0 Å². The Morgan fingerprint density at radius 2 is 1.76 bits per heavy atom. The second-order valence-corrected chi connectivity index (χ2v) is 4.99. The summed E-state index contributed by atoms with van der Waals surface area (Å²) >= 11 is 0. The maximum atomic E-state index is 11.0. The minimum Gasteiger partial charge on any atom is -0.478 e. The van der Waals surface area contributed by atoms with E-state index in [1.165, 1.54) is 0 Å². The van der Waals surface area contributed by atoms with Gasteiger partial charge in [-0.25, -0.2) is 18.0 Å². The van der Waals surface area contributed by atoms with Gasteiger partial charge in [0.05, 0.1) is 23.1 Å². The first kappa shape index (κ1) is 13.0. The molecule has 0 bridgehead atoms. The smallest absolute Gasteiger partial charge is 0.337 e. The van der Waals surface area contributed by atoms with Crippen molar-refractivity contribution in [2.45, 2.75) is 0 Å². The summed E-state index contributed by atoms with van der Waals surface area (Å²) in [4.78, 5) is 21.5. The average molecular weight is 259 g/mol. The van der Waals surface area contributed by atoms with Crippen LogP contribution in [0.3, 0.4) is 0 Å². The van der Waals surface area contributed by atoms with Gasteiger partial charge >= 0.3 is 11.9 Å². The van der Waals surface area contributed by atoms with Crippen LogP contribution in [-0.2, 0) is 10.0 Å². The number of carbonyl (C=O) groups is 2. The summed E-state index contributed by atoms with van der Waals surface area (Å²) in [6.45, 7) is 0. The Balaban J connectivity index is 3.35. The summed E-state index contributed by atoms with van der Waals surface area (Å²) in [5, 5.41) is 17.5. The molecule has 0 heterocycles. The third-order valence-electron chi connectivity index (χ3n) is 1.79. The summed E-state index contributed by atoms with van der Waals surface area (Å²) < 4.78 is 24.0. The highest BCUT2D eigenvalue weighted by atomic mass is 32.2. The fraction of sp³-hybridized carbons (Fsp3) is 0.111. The van der Waals surface area contributed by atoms with Crippen molar-refractivity contribution in [2.75, 3.05) is 11.0 Å². The van der Waals surface area contributed by atoms with E-state index in [1.54, 1.807) is 0 Å². The van der Waals surface area contributed by atoms with Crippen molar-refractivity contribution in [2.24, 2.45) is 0 Å². The molecule has 7 nitrogen and oxygen atoms in total. The average Bonchev–Trinajstić information content (AvgIpc) is 2.14. The minimum absolute atomic E-state index is 0.207. The van der Waals surface area contributed by atoms with E-state index < -0.39 is 22.0 Å². The van der Waals surface area contributed by atoms with Crippen molar-refractivity contribution in [1.82, 2.24) is 0 Å². The van der Waals surface area contributed by atoms with Crippen molar-refractivity contribution in [1.29, 1.82) is 0 Å². The lowest BCUT2D eigenvalue weighted by atomic mass is 10.1. The quantitative estimate of drug-likeness (QED) is 0.722. The van der Waals surface area contributed by atoms with Crippen LogP contribution in [0.4, 0.5) is 5.69 Å². The highest BCUT2D eigenvalue weighted by Crippen LogP contribution is 2.19. The Hall–Kier alpha value is -2.09. The first-order valence-electron chi connectivity index (χ1n) is 4.29. The van der Waals surface area contributed by atoms with Crippen LogP contribution in [0, 0.1) is 0 Å². The fourth-order valence-corrected chi connectivity index (χ4v) is 1.72. The zero-order chi connectivity index (χ0) is 13.2. The number of hydrogen-bond acceptors (Lipinski definition) is 4. The van der Waals surface area contributed by atoms with Gasteiger partial charge in [0.1, 0.15) is 0 Å². The lowest BCUT2D eigenvalue weighted by Crippen LogP contribution is -2.14. The molecule has 0 unspecified atom stereocenters. The van der Waals surface area contributed by atoms with Crippen molar-refractivity contribution in [3.05, 3.63) is 29.3 Å². The molecule has 0 amide bonds. The number of carboxylic acid groups (broad SMARTS) is 2. The highest BCUT2D eigenvalue weighted by Gasteiger charge is 2.15. The zero-order valence-corrected chi connectivity index (χ0v) is 9.48. The largest absolute Gasteiger partial charge is 0.478 e. The molecular formula is C9H9NO6S. The van der Waals surface area contributed by atoms with Crippen LogP contribution in [0.1, 0.15) is 20.7 Å². The summed E-state index contributed by atoms with van der Waals surface area (Å²) in [6, 6.07) is 3.06. The van der Waals surface area contributed by atoms with E-state index in [4.69, 9.17) is 10.2 Å². The van der Waals surface area contributed by atoms with Crippen LogP contribution >= 0.6 is 0 Å². The molecule has 8 heteroatoms. The van der Waals surface area contributed by atoms with Crippen molar-refractivity contribution in [3.63, 3.8) is 0 Å². The van der Waals surface area contributed by atoms with Crippen LogP contribution in [0.5, 0.6) is 0 Å². The van der Waals surface area contributed by atoms with Crippen LogP contribution in [-0.4, -0.2) is 36.8 Å². The topological polar surface area (TPSA) is 121 Å². The lowest BCUT2D eigenvalue weighted by molar-refractivity contribution is 0.0682. The lowest BCUT2D eigenvalue weighted by Gasteiger charge is -2.08. The standard InChI is InChI=1S/C9H9NO6S/c1-17(15,16)10-7-4-5(8(11)12)2-3-6(7)9(13)14/h2-4,10H,1H3,(H,11,12)(H,13,14). The van der Waals surface area contributed by atoms with Crippen LogP contribution < -0.4 is 4.72 Å². The molecule has 0 radical (unpaired) electrons. The Labute approximate surface area is 96.7 Å².